The minimum absolute atomic E-state index is 0.0562. The Morgan fingerprint density at radius 1 is 0.903 bits per heavy atom. The van der Waals surface area contributed by atoms with Gasteiger partial charge in [-0.3, -0.25) is 9.69 Å². The molecule has 0 aliphatic carbocycles. The average molecular weight is 442 g/mol. The fraction of sp³-hybridized carbons (Fsp3) is 0.417. The number of amides is 1. The van der Waals surface area contributed by atoms with Gasteiger partial charge < -0.3 is 14.4 Å². The zero-order chi connectivity index (χ0) is 22.2. The maximum Gasteiger partial charge on any atom is 0.260 e. The van der Waals surface area contributed by atoms with Crippen LogP contribution >= 0.6 is 11.3 Å². The van der Waals surface area contributed by atoms with Crippen LogP contribution in [0.2, 0.25) is 0 Å². The molecule has 0 saturated carbocycles. The van der Waals surface area contributed by atoms with Gasteiger partial charge >= 0.3 is 0 Å². The summed E-state index contributed by atoms with van der Waals surface area (Å²) in [5, 5.41) is 0.703. The van der Waals surface area contributed by atoms with Gasteiger partial charge in [0.05, 0.1) is 23.4 Å². The third kappa shape index (κ3) is 5.74. The molecule has 6 nitrogen and oxygen atoms in total. The Morgan fingerprint density at radius 2 is 1.55 bits per heavy atom. The second-order valence-electron chi connectivity index (χ2n) is 7.00. The molecule has 1 amide bonds. The van der Waals surface area contributed by atoms with Crippen LogP contribution < -0.4 is 14.4 Å². The zero-order valence-corrected chi connectivity index (χ0v) is 19.6. The highest BCUT2D eigenvalue weighted by atomic mass is 32.1. The predicted molar refractivity (Wildman–Crippen MR) is 128 cm³/mol. The van der Waals surface area contributed by atoms with Gasteiger partial charge in [0.25, 0.3) is 5.91 Å². The Kier molecular flexibility index (Phi) is 8.26. The number of likely N-dealkylation sites (N-methyl/N-ethyl adjacent to an activating group) is 1. The van der Waals surface area contributed by atoms with E-state index in [2.05, 4.69) is 18.7 Å². The molecule has 0 aliphatic rings. The summed E-state index contributed by atoms with van der Waals surface area (Å²) in [6.07, 6.45) is 0. The second-order valence-corrected chi connectivity index (χ2v) is 8.01. The maximum absolute atomic E-state index is 13.5. The van der Waals surface area contributed by atoms with Crippen molar-refractivity contribution in [1.29, 1.82) is 0 Å². The molecule has 7 heteroatoms. The normalized spacial score (nSPS) is 11.1. The van der Waals surface area contributed by atoms with Crippen molar-refractivity contribution in [2.45, 2.75) is 27.7 Å². The number of hydrogen-bond acceptors (Lipinski definition) is 6. The summed E-state index contributed by atoms with van der Waals surface area (Å²) in [4.78, 5) is 22.3. The van der Waals surface area contributed by atoms with Crippen LogP contribution in [0.3, 0.4) is 0 Å². The van der Waals surface area contributed by atoms with Gasteiger partial charge in [0.2, 0.25) is 0 Å². The Hall–Kier alpha value is -2.64. The van der Waals surface area contributed by atoms with Crippen molar-refractivity contribution in [3.63, 3.8) is 0 Å². The van der Waals surface area contributed by atoms with Crippen LogP contribution in [0, 0.1) is 0 Å². The molecule has 0 spiro atoms. The van der Waals surface area contributed by atoms with Crippen LogP contribution in [-0.4, -0.2) is 55.2 Å². The van der Waals surface area contributed by atoms with Crippen molar-refractivity contribution in [1.82, 2.24) is 9.88 Å². The van der Waals surface area contributed by atoms with E-state index in [1.165, 1.54) is 11.3 Å². The number of anilines is 1. The minimum Gasteiger partial charge on any atom is -0.494 e. The smallest absolute Gasteiger partial charge is 0.260 e. The quantitative estimate of drug-likeness (QED) is 0.415. The van der Waals surface area contributed by atoms with E-state index in [1.54, 1.807) is 4.90 Å². The highest BCUT2D eigenvalue weighted by Crippen LogP contribution is 2.32. The Morgan fingerprint density at radius 3 is 2.19 bits per heavy atom. The number of hydrogen-bond donors (Lipinski definition) is 0. The van der Waals surface area contributed by atoms with Crippen molar-refractivity contribution in [2.75, 3.05) is 44.3 Å². The number of carbonyl (C=O) groups excluding carboxylic acids is 1. The summed E-state index contributed by atoms with van der Waals surface area (Å²) >= 11 is 1.52. The standard InChI is InChI=1S/C24H31N3O3S/c1-5-26(6-2)15-16-27(23(28)18-9-11-19(12-10-18)29-7-3)24-25-21-14-13-20(30-8-4)17-22(21)31-24/h9-14,17H,5-8,15-16H2,1-4H3. The van der Waals surface area contributed by atoms with E-state index in [4.69, 9.17) is 14.5 Å². The number of ether oxygens (including phenoxy) is 2. The van der Waals surface area contributed by atoms with Crippen LogP contribution in [0.4, 0.5) is 5.13 Å². The molecular weight excluding hydrogens is 410 g/mol. The fourth-order valence-corrected chi connectivity index (χ4v) is 4.36. The number of carbonyl (C=O) groups is 1. The molecule has 1 heterocycles. The summed E-state index contributed by atoms with van der Waals surface area (Å²) in [5.41, 5.74) is 1.49. The highest BCUT2D eigenvalue weighted by Gasteiger charge is 2.22. The number of thiazole rings is 1. The molecular formula is C24H31N3O3S. The molecule has 0 bridgehead atoms. The first-order valence-electron chi connectivity index (χ1n) is 10.9. The van der Waals surface area contributed by atoms with Gasteiger partial charge in [-0.25, -0.2) is 4.98 Å². The molecule has 0 atom stereocenters. The first-order chi connectivity index (χ1) is 15.1. The molecule has 166 valence electrons. The second kappa shape index (κ2) is 11.1. The van der Waals surface area contributed by atoms with Crippen molar-refractivity contribution in [3.05, 3.63) is 48.0 Å². The van der Waals surface area contributed by atoms with Gasteiger partial charge in [0.15, 0.2) is 5.13 Å². The van der Waals surface area contributed by atoms with E-state index in [-0.39, 0.29) is 5.91 Å². The van der Waals surface area contributed by atoms with Crippen molar-refractivity contribution in [2.24, 2.45) is 0 Å². The maximum atomic E-state index is 13.5. The van der Waals surface area contributed by atoms with Crippen molar-refractivity contribution >= 4 is 32.6 Å². The van der Waals surface area contributed by atoms with E-state index < -0.39 is 0 Å². The number of rotatable bonds is 11. The lowest BCUT2D eigenvalue weighted by atomic mass is 10.2. The number of nitrogens with zero attached hydrogens (tertiary/aromatic N) is 3. The largest absolute Gasteiger partial charge is 0.494 e. The molecule has 2 aromatic carbocycles. The molecule has 0 N–H and O–H groups in total. The molecule has 0 fully saturated rings. The minimum atomic E-state index is -0.0562. The SMILES string of the molecule is CCOc1ccc(C(=O)N(CCN(CC)CC)c2nc3ccc(OCC)cc3s2)cc1. The molecule has 1 aromatic heterocycles. The summed E-state index contributed by atoms with van der Waals surface area (Å²) < 4.78 is 12.1. The van der Waals surface area contributed by atoms with E-state index in [1.807, 2.05) is 56.3 Å². The molecule has 0 unspecified atom stereocenters. The Bertz CT molecular complexity index is 983. The Labute approximate surface area is 188 Å². The van der Waals surface area contributed by atoms with E-state index in [0.717, 1.165) is 41.3 Å². The highest BCUT2D eigenvalue weighted by molar-refractivity contribution is 7.22. The summed E-state index contributed by atoms with van der Waals surface area (Å²) in [5.74, 6) is 1.52. The van der Waals surface area contributed by atoms with Crippen molar-refractivity contribution < 1.29 is 14.3 Å². The first kappa shape index (κ1) is 23.0. The van der Waals surface area contributed by atoms with E-state index in [9.17, 15) is 4.79 Å². The fourth-order valence-electron chi connectivity index (χ4n) is 3.35. The molecule has 0 radical (unpaired) electrons. The van der Waals surface area contributed by atoms with Gasteiger partial charge in [-0.1, -0.05) is 25.2 Å². The monoisotopic (exact) mass is 441 g/mol. The van der Waals surface area contributed by atoms with Crippen LogP contribution in [0.15, 0.2) is 42.5 Å². The van der Waals surface area contributed by atoms with Crippen LogP contribution in [-0.2, 0) is 0 Å². The van der Waals surface area contributed by atoms with Crippen LogP contribution in [0.1, 0.15) is 38.1 Å². The molecule has 0 aliphatic heterocycles. The average Bonchev–Trinajstić information content (AvgIpc) is 3.20. The van der Waals surface area contributed by atoms with Gasteiger partial charge in [-0.05, 0) is 69.4 Å². The third-order valence-electron chi connectivity index (χ3n) is 5.08. The van der Waals surface area contributed by atoms with Gasteiger partial charge in [0, 0.05) is 18.7 Å². The van der Waals surface area contributed by atoms with E-state index >= 15 is 0 Å². The molecule has 3 aromatic rings. The summed E-state index contributed by atoms with van der Waals surface area (Å²) in [6.45, 7) is 12.6. The Balaban J connectivity index is 1.91. The lowest BCUT2D eigenvalue weighted by molar-refractivity contribution is 0.0983. The predicted octanol–water partition coefficient (Wildman–Crippen LogP) is 5.08. The zero-order valence-electron chi connectivity index (χ0n) is 18.8. The molecule has 31 heavy (non-hydrogen) atoms. The van der Waals surface area contributed by atoms with Gasteiger partial charge in [-0.2, -0.15) is 0 Å². The van der Waals surface area contributed by atoms with Gasteiger partial charge in [-0.15, -0.1) is 0 Å². The first-order valence-corrected chi connectivity index (χ1v) is 11.7. The topological polar surface area (TPSA) is 54.9 Å². The van der Waals surface area contributed by atoms with E-state index in [0.29, 0.717) is 30.5 Å². The number of aromatic nitrogens is 1. The molecule has 3 rings (SSSR count). The number of benzene rings is 2. The van der Waals surface area contributed by atoms with Crippen LogP contribution in [0.25, 0.3) is 10.2 Å². The molecule has 0 saturated heterocycles. The number of fused-ring (bicyclic) bond motifs is 1. The van der Waals surface area contributed by atoms with Crippen LogP contribution in [0.5, 0.6) is 11.5 Å². The third-order valence-corrected chi connectivity index (χ3v) is 6.12. The van der Waals surface area contributed by atoms with Gasteiger partial charge in [0.1, 0.15) is 11.5 Å². The summed E-state index contributed by atoms with van der Waals surface area (Å²) in [6, 6.07) is 13.2. The van der Waals surface area contributed by atoms with Crippen molar-refractivity contribution in [3.8, 4) is 11.5 Å². The lowest BCUT2D eigenvalue weighted by Crippen LogP contribution is -2.38. The summed E-state index contributed by atoms with van der Waals surface area (Å²) in [7, 11) is 0. The lowest BCUT2D eigenvalue weighted by Gasteiger charge is -2.24.